The average Bonchev–Trinajstić information content (AvgIpc) is 3.55. The Kier molecular flexibility index (Phi) is 5.80. The molecule has 2 aromatic carbocycles. The van der Waals surface area contributed by atoms with Gasteiger partial charge in [0.15, 0.2) is 5.65 Å². The van der Waals surface area contributed by atoms with Crippen molar-refractivity contribution in [2.75, 3.05) is 7.11 Å². The molecule has 0 atom stereocenters. The maximum absolute atomic E-state index is 13.5. The van der Waals surface area contributed by atoms with Crippen LogP contribution in [0, 0.1) is 17.2 Å². The van der Waals surface area contributed by atoms with Crippen molar-refractivity contribution in [2.24, 2.45) is 5.92 Å². The lowest BCUT2D eigenvalue weighted by Gasteiger charge is -2.28. The fourth-order valence-corrected chi connectivity index (χ4v) is 6.71. The first-order valence-electron chi connectivity index (χ1n) is 12.4. The van der Waals surface area contributed by atoms with Crippen LogP contribution in [0.5, 0.6) is 11.5 Å². The molecular weight excluding hydrogens is 502 g/mol. The number of aromatic hydroxyl groups is 1. The SMILES string of the molecule is COc1ccc(-c2nc3cnc4c(ccn4S(=O)(=O)c4ccccc4)c3n2C2CCC(C#N)CC2)c(O)c1. The Morgan fingerprint density at radius 3 is 2.53 bits per heavy atom. The van der Waals surface area contributed by atoms with Gasteiger partial charge >= 0.3 is 0 Å². The second-order valence-corrected chi connectivity index (χ2v) is 11.3. The molecule has 0 aliphatic heterocycles. The number of methoxy groups -OCH3 is 1. The van der Waals surface area contributed by atoms with Crippen LogP contribution in [-0.2, 0) is 10.0 Å². The van der Waals surface area contributed by atoms with E-state index in [1.807, 2.05) is 0 Å². The highest BCUT2D eigenvalue weighted by atomic mass is 32.2. The summed E-state index contributed by atoms with van der Waals surface area (Å²) in [5.74, 6) is 1.13. The highest BCUT2D eigenvalue weighted by Gasteiger charge is 2.29. The van der Waals surface area contributed by atoms with Crippen LogP contribution in [0.2, 0.25) is 0 Å². The van der Waals surface area contributed by atoms with Crippen LogP contribution in [-0.4, -0.2) is 39.1 Å². The smallest absolute Gasteiger partial charge is 0.269 e. The first-order valence-corrected chi connectivity index (χ1v) is 13.8. The van der Waals surface area contributed by atoms with E-state index < -0.39 is 10.0 Å². The number of imidazole rings is 1. The van der Waals surface area contributed by atoms with E-state index in [9.17, 15) is 18.8 Å². The molecular formula is C28H25N5O4S. The van der Waals surface area contributed by atoms with Crippen LogP contribution in [0.4, 0.5) is 0 Å². The Morgan fingerprint density at radius 2 is 1.84 bits per heavy atom. The number of hydrogen-bond donors (Lipinski definition) is 1. The molecule has 1 aliphatic rings. The topological polar surface area (TPSA) is 123 Å². The molecule has 0 radical (unpaired) electrons. The molecule has 10 heteroatoms. The fraction of sp³-hybridized carbons (Fsp3) is 0.250. The molecule has 9 nitrogen and oxygen atoms in total. The second-order valence-electron chi connectivity index (χ2n) is 9.48. The van der Waals surface area contributed by atoms with Crippen LogP contribution >= 0.6 is 0 Å². The molecule has 38 heavy (non-hydrogen) atoms. The van der Waals surface area contributed by atoms with Crippen molar-refractivity contribution in [1.29, 1.82) is 5.26 Å². The van der Waals surface area contributed by atoms with Crippen molar-refractivity contribution in [2.45, 2.75) is 36.6 Å². The molecule has 1 saturated carbocycles. The number of phenols is 1. The maximum Gasteiger partial charge on any atom is 0.269 e. The Labute approximate surface area is 219 Å². The molecule has 192 valence electrons. The standard InChI is InChI=1S/C28H25N5O4S/c1-37-20-11-12-22(25(34)15-20)28-31-24-17-30-27-23(26(24)33(28)19-9-7-18(16-29)8-10-19)13-14-32(27)38(35,36)21-5-3-2-4-6-21/h2-6,11-15,17-19,34H,7-10H2,1H3. The van der Waals surface area contributed by atoms with Crippen LogP contribution in [0.3, 0.4) is 0 Å². The van der Waals surface area contributed by atoms with E-state index in [0.717, 1.165) is 31.2 Å². The Hall–Kier alpha value is -4.36. The minimum absolute atomic E-state index is 0.0117. The first kappa shape index (κ1) is 24.0. The zero-order valence-electron chi connectivity index (χ0n) is 20.7. The third kappa shape index (κ3) is 3.78. The monoisotopic (exact) mass is 527 g/mol. The number of hydrogen-bond acceptors (Lipinski definition) is 7. The van der Waals surface area contributed by atoms with E-state index in [1.165, 1.54) is 17.3 Å². The molecule has 0 bridgehead atoms. The summed E-state index contributed by atoms with van der Waals surface area (Å²) in [7, 11) is -2.33. The summed E-state index contributed by atoms with van der Waals surface area (Å²) in [4.78, 5) is 9.55. The molecule has 0 saturated heterocycles. The Morgan fingerprint density at radius 1 is 1.08 bits per heavy atom. The molecule has 1 aliphatic carbocycles. The van der Waals surface area contributed by atoms with Crippen molar-refractivity contribution < 1.29 is 18.3 Å². The zero-order chi connectivity index (χ0) is 26.4. The third-order valence-corrected chi connectivity index (χ3v) is 9.00. The number of aromatic nitrogens is 4. The van der Waals surface area contributed by atoms with Crippen LogP contribution in [0.25, 0.3) is 33.5 Å². The fourth-order valence-electron chi connectivity index (χ4n) is 5.38. The number of phenolic OH excluding ortho intramolecular Hbond substituents is 1. The highest BCUT2D eigenvalue weighted by molar-refractivity contribution is 7.90. The number of rotatable bonds is 5. The lowest BCUT2D eigenvalue weighted by Crippen LogP contribution is -2.18. The molecule has 1 N–H and O–H groups in total. The summed E-state index contributed by atoms with van der Waals surface area (Å²) in [6.07, 6.45) is 6.14. The van der Waals surface area contributed by atoms with Crippen molar-refractivity contribution in [3.63, 3.8) is 0 Å². The molecule has 5 aromatic rings. The summed E-state index contributed by atoms with van der Waals surface area (Å²) in [5, 5.41) is 21.0. The van der Waals surface area contributed by atoms with Crippen molar-refractivity contribution in [1.82, 2.24) is 18.5 Å². The van der Waals surface area contributed by atoms with Gasteiger partial charge in [0.25, 0.3) is 10.0 Å². The highest BCUT2D eigenvalue weighted by Crippen LogP contribution is 2.42. The molecule has 3 heterocycles. The minimum atomic E-state index is -3.86. The second kappa shape index (κ2) is 9.19. The number of benzene rings is 2. The van der Waals surface area contributed by atoms with Gasteiger partial charge in [-0.15, -0.1) is 0 Å². The van der Waals surface area contributed by atoms with Gasteiger partial charge in [-0.25, -0.2) is 22.4 Å². The predicted molar refractivity (Wildman–Crippen MR) is 142 cm³/mol. The van der Waals surface area contributed by atoms with Crippen molar-refractivity contribution >= 4 is 32.1 Å². The Bertz CT molecular complexity index is 1810. The number of fused-ring (bicyclic) bond motifs is 3. The molecule has 6 rings (SSSR count). The van der Waals surface area contributed by atoms with Crippen LogP contribution in [0.1, 0.15) is 31.7 Å². The molecule has 0 spiro atoms. The zero-order valence-corrected chi connectivity index (χ0v) is 21.5. The summed E-state index contributed by atoms with van der Waals surface area (Å²) in [5.41, 5.74) is 2.19. The number of ether oxygens (including phenoxy) is 1. The average molecular weight is 528 g/mol. The number of nitriles is 1. The van der Waals surface area contributed by atoms with Crippen LogP contribution < -0.4 is 4.74 Å². The summed E-state index contributed by atoms with van der Waals surface area (Å²) in [6, 6.07) is 17.5. The van der Waals surface area contributed by atoms with Gasteiger partial charge in [-0.05, 0) is 56.0 Å². The van der Waals surface area contributed by atoms with Gasteiger partial charge in [0.2, 0.25) is 0 Å². The van der Waals surface area contributed by atoms with Gasteiger partial charge in [-0.2, -0.15) is 5.26 Å². The predicted octanol–water partition coefficient (Wildman–Crippen LogP) is 5.26. The first-order chi connectivity index (χ1) is 18.4. The quantitative estimate of drug-likeness (QED) is 0.331. The van der Waals surface area contributed by atoms with E-state index in [0.29, 0.717) is 33.7 Å². The number of nitrogens with zero attached hydrogens (tertiary/aromatic N) is 5. The summed E-state index contributed by atoms with van der Waals surface area (Å²) < 4.78 is 35.5. The third-order valence-electron chi connectivity index (χ3n) is 7.32. The summed E-state index contributed by atoms with van der Waals surface area (Å²) >= 11 is 0. The van der Waals surface area contributed by atoms with Gasteiger partial charge in [0.05, 0.1) is 35.4 Å². The molecule has 0 amide bonds. The minimum Gasteiger partial charge on any atom is -0.507 e. The van der Waals surface area contributed by atoms with E-state index in [-0.39, 0.29) is 22.6 Å². The van der Waals surface area contributed by atoms with E-state index in [2.05, 4.69) is 15.6 Å². The normalized spacial score (nSPS) is 18.0. The van der Waals surface area contributed by atoms with Gasteiger partial charge in [-0.1, -0.05) is 18.2 Å². The van der Waals surface area contributed by atoms with Crippen LogP contribution in [0.15, 0.2) is 71.9 Å². The lowest BCUT2D eigenvalue weighted by atomic mass is 9.86. The van der Waals surface area contributed by atoms with Crippen molar-refractivity contribution in [3.8, 4) is 29.0 Å². The van der Waals surface area contributed by atoms with Crippen molar-refractivity contribution in [3.05, 3.63) is 67.0 Å². The molecule has 1 fully saturated rings. The van der Waals surface area contributed by atoms with E-state index in [4.69, 9.17) is 9.72 Å². The van der Waals surface area contributed by atoms with Gasteiger partial charge in [-0.3, -0.25) is 0 Å². The molecule has 3 aromatic heterocycles. The van der Waals surface area contributed by atoms with Gasteiger partial charge < -0.3 is 14.4 Å². The summed E-state index contributed by atoms with van der Waals surface area (Å²) in [6.45, 7) is 0. The van der Waals surface area contributed by atoms with E-state index >= 15 is 0 Å². The maximum atomic E-state index is 13.5. The largest absolute Gasteiger partial charge is 0.507 e. The van der Waals surface area contributed by atoms with Gasteiger partial charge in [0.1, 0.15) is 22.8 Å². The lowest BCUT2D eigenvalue weighted by molar-refractivity contribution is 0.320. The van der Waals surface area contributed by atoms with E-state index in [1.54, 1.807) is 60.8 Å². The van der Waals surface area contributed by atoms with Gasteiger partial charge in [0, 0.05) is 29.6 Å². The number of pyridine rings is 1. The molecule has 0 unspecified atom stereocenters. The Balaban J connectivity index is 1.59.